The maximum Gasteiger partial charge on any atom is 0.121 e. The summed E-state index contributed by atoms with van der Waals surface area (Å²) >= 11 is 0. The van der Waals surface area contributed by atoms with E-state index >= 15 is 0 Å². The summed E-state index contributed by atoms with van der Waals surface area (Å²) in [6.45, 7) is -0.716. The Hall–Kier alpha value is -0.240. The van der Waals surface area contributed by atoms with Crippen LogP contribution in [0.2, 0.25) is 0 Å². The van der Waals surface area contributed by atoms with Crippen LogP contribution in [0.3, 0.4) is 0 Å². The Labute approximate surface area is 87.4 Å². The highest BCUT2D eigenvalue weighted by Gasteiger charge is 2.50. The molecule has 15 heavy (non-hydrogen) atoms. The van der Waals surface area contributed by atoms with Gasteiger partial charge in [-0.2, -0.15) is 0 Å². The Bertz CT molecular complexity index is 211. The molecule has 6 heteroatoms. The van der Waals surface area contributed by atoms with Gasteiger partial charge in [-0.25, -0.2) is 0 Å². The van der Waals surface area contributed by atoms with E-state index in [0.29, 0.717) is 12.8 Å². The van der Waals surface area contributed by atoms with E-state index in [2.05, 4.69) is 0 Å². The first kappa shape index (κ1) is 12.8. The molecule has 1 fully saturated rings. The van der Waals surface area contributed by atoms with Crippen LogP contribution in [0.15, 0.2) is 0 Å². The molecule has 0 aromatic heterocycles. The monoisotopic (exact) mass is 222 g/mol. The molecule has 0 radical (unpaired) electrons. The van der Waals surface area contributed by atoms with Crippen LogP contribution in [0.1, 0.15) is 19.3 Å². The van der Waals surface area contributed by atoms with E-state index < -0.39 is 36.6 Å². The van der Waals surface area contributed by atoms with E-state index in [1.807, 2.05) is 0 Å². The Kier molecular flexibility index (Phi) is 4.05. The minimum atomic E-state index is -1.96. The smallest absolute Gasteiger partial charge is 0.121 e. The summed E-state index contributed by atoms with van der Waals surface area (Å²) in [5, 5.41) is 56.3. The van der Waals surface area contributed by atoms with Gasteiger partial charge in [-0.15, -0.1) is 0 Å². The van der Waals surface area contributed by atoms with E-state index in [1.54, 1.807) is 0 Å². The van der Waals surface area contributed by atoms with Gasteiger partial charge in [0.15, 0.2) is 0 Å². The summed E-state index contributed by atoms with van der Waals surface area (Å²) in [6.07, 6.45) is -4.99. The van der Waals surface area contributed by atoms with Crippen LogP contribution in [-0.4, -0.2) is 67.3 Å². The number of aliphatic hydroxyl groups excluding tert-OH is 5. The van der Waals surface area contributed by atoms with Crippen molar-refractivity contribution in [3.8, 4) is 0 Å². The second-order valence-electron chi connectivity index (χ2n) is 4.09. The van der Waals surface area contributed by atoms with Gasteiger partial charge in [-0.3, -0.25) is 0 Å². The maximum absolute atomic E-state index is 9.95. The zero-order chi connectivity index (χ0) is 11.6. The minimum Gasteiger partial charge on any atom is -0.394 e. The zero-order valence-corrected chi connectivity index (χ0v) is 8.32. The van der Waals surface area contributed by atoms with Crippen LogP contribution in [0.4, 0.5) is 0 Å². The third-order valence-electron chi connectivity index (χ3n) is 3.02. The van der Waals surface area contributed by atoms with Gasteiger partial charge in [0.25, 0.3) is 0 Å². The molecule has 0 aliphatic heterocycles. The van der Waals surface area contributed by atoms with Gasteiger partial charge in [-0.1, -0.05) is 0 Å². The first-order chi connectivity index (χ1) is 6.93. The summed E-state index contributed by atoms with van der Waals surface area (Å²) < 4.78 is 0. The number of hydrogen-bond acceptors (Lipinski definition) is 6. The summed E-state index contributed by atoms with van der Waals surface area (Å²) in [6, 6.07) is 0. The highest BCUT2D eigenvalue weighted by atomic mass is 16.4. The Morgan fingerprint density at radius 2 is 1.87 bits per heavy atom. The minimum absolute atomic E-state index is 0.0729. The van der Waals surface area contributed by atoms with Crippen LogP contribution < -0.4 is 0 Å². The topological polar surface area (TPSA) is 121 Å². The molecule has 0 bridgehead atoms. The molecule has 6 N–H and O–H groups in total. The van der Waals surface area contributed by atoms with Gasteiger partial charge in [-0.05, 0) is 19.3 Å². The SMILES string of the molecule is OC[C@H](O)[C@@H](O)[C@@]1(O)CCCC(O)[C@H]1O. The highest BCUT2D eigenvalue weighted by molar-refractivity contribution is 5.01. The number of rotatable bonds is 3. The molecule has 1 aliphatic carbocycles. The van der Waals surface area contributed by atoms with Crippen LogP contribution in [0, 0.1) is 0 Å². The third-order valence-corrected chi connectivity index (χ3v) is 3.02. The fraction of sp³-hybridized carbons (Fsp3) is 1.00. The number of aliphatic hydroxyl groups is 6. The van der Waals surface area contributed by atoms with E-state index in [0.717, 1.165) is 0 Å². The summed E-state index contributed by atoms with van der Waals surface area (Å²) in [4.78, 5) is 0. The van der Waals surface area contributed by atoms with Crippen LogP contribution in [0.25, 0.3) is 0 Å². The van der Waals surface area contributed by atoms with Crippen molar-refractivity contribution in [2.24, 2.45) is 0 Å². The largest absolute Gasteiger partial charge is 0.394 e. The maximum atomic E-state index is 9.95. The van der Waals surface area contributed by atoms with Crippen molar-refractivity contribution in [2.75, 3.05) is 6.61 Å². The first-order valence-corrected chi connectivity index (χ1v) is 4.99. The number of hydrogen-bond donors (Lipinski definition) is 6. The van der Waals surface area contributed by atoms with E-state index in [1.165, 1.54) is 0 Å². The van der Waals surface area contributed by atoms with Crippen LogP contribution in [0.5, 0.6) is 0 Å². The molecule has 0 spiro atoms. The van der Waals surface area contributed by atoms with Crippen LogP contribution >= 0.6 is 0 Å². The molecular weight excluding hydrogens is 204 g/mol. The standard InChI is InChI=1S/C9H18O6/c10-4-6(12)8(14)9(15)3-1-2-5(11)7(9)13/h5-8,10-15H,1-4H2/t5?,6-,7+,8+,9+/m0/s1. The molecule has 1 unspecified atom stereocenters. The van der Waals surface area contributed by atoms with Gasteiger partial charge in [0.05, 0.1) is 12.7 Å². The molecule has 1 aliphatic rings. The van der Waals surface area contributed by atoms with Gasteiger partial charge in [0.1, 0.15) is 23.9 Å². The molecule has 0 saturated heterocycles. The van der Waals surface area contributed by atoms with Crippen molar-refractivity contribution in [3.05, 3.63) is 0 Å². The lowest BCUT2D eigenvalue weighted by Crippen LogP contribution is -2.62. The van der Waals surface area contributed by atoms with Crippen molar-refractivity contribution in [2.45, 2.75) is 49.3 Å². The summed E-state index contributed by atoms with van der Waals surface area (Å²) in [5.74, 6) is 0. The molecule has 5 atom stereocenters. The van der Waals surface area contributed by atoms with Gasteiger partial charge in [0, 0.05) is 0 Å². The van der Waals surface area contributed by atoms with Gasteiger partial charge in [0.2, 0.25) is 0 Å². The lowest BCUT2D eigenvalue weighted by molar-refractivity contribution is -0.220. The molecule has 1 saturated carbocycles. The predicted molar refractivity (Wildman–Crippen MR) is 49.9 cm³/mol. The second-order valence-corrected chi connectivity index (χ2v) is 4.09. The molecule has 0 heterocycles. The third kappa shape index (κ3) is 2.30. The van der Waals surface area contributed by atoms with E-state index in [-0.39, 0.29) is 6.42 Å². The average Bonchev–Trinajstić information content (AvgIpc) is 2.23. The molecule has 6 nitrogen and oxygen atoms in total. The summed E-state index contributed by atoms with van der Waals surface area (Å²) in [7, 11) is 0. The van der Waals surface area contributed by atoms with Crippen molar-refractivity contribution < 1.29 is 30.6 Å². The zero-order valence-electron chi connectivity index (χ0n) is 8.32. The second kappa shape index (κ2) is 4.73. The molecular formula is C9H18O6. The fourth-order valence-corrected chi connectivity index (χ4v) is 1.99. The van der Waals surface area contributed by atoms with Crippen molar-refractivity contribution in [1.29, 1.82) is 0 Å². The molecule has 90 valence electrons. The summed E-state index contributed by atoms with van der Waals surface area (Å²) in [5.41, 5.74) is -1.96. The normalized spacial score (nSPS) is 41.2. The average molecular weight is 222 g/mol. The Morgan fingerprint density at radius 1 is 1.27 bits per heavy atom. The Morgan fingerprint density at radius 3 is 2.40 bits per heavy atom. The molecule has 0 aromatic rings. The Balaban J connectivity index is 2.79. The van der Waals surface area contributed by atoms with Gasteiger partial charge >= 0.3 is 0 Å². The van der Waals surface area contributed by atoms with Crippen molar-refractivity contribution in [3.63, 3.8) is 0 Å². The first-order valence-electron chi connectivity index (χ1n) is 4.99. The lowest BCUT2D eigenvalue weighted by atomic mass is 9.75. The molecule has 1 rings (SSSR count). The molecule has 0 amide bonds. The fourth-order valence-electron chi connectivity index (χ4n) is 1.99. The molecule has 0 aromatic carbocycles. The van der Waals surface area contributed by atoms with Gasteiger partial charge < -0.3 is 30.6 Å². The quantitative estimate of drug-likeness (QED) is 0.310. The van der Waals surface area contributed by atoms with E-state index in [4.69, 9.17) is 5.11 Å². The highest BCUT2D eigenvalue weighted by Crippen LogP contribution is 2.32. The van der Waals surface area contributed by atoms with Crippen molar-refractivity contribution >= 4 is 0 Å². The van der Waals surface area contributed by atoms with Crippen LogP contribution in [-0.2, 0) is 0 Å². The van der Waals surface area contributed by atoms with E-state index in [9.17, 15) is 25.5 Å². The predicted octanol–water partition coefficient (Wildman–Crippen LogP) is -2.66. The lowest BCUT2D eigenvalue weighted by Gasteiger charge is -2.43. The van der Waals surface area contributed by atoms with Crippen molar-refractivity contribution in [1.82, 2.24) is 0 Å².